The summed E-state index contributed by atoms with van der Waals surface area (Å²) in [5.74, 6) is 0. The Balaban J connectivity index is 0.000000152. The minimum absolute atomic E-state index is 0.352. The van der Waals surface area contributed by atoms with E-state index >= 15 is 0 Å². The molecule has 0 N–H and O–H groups in total. The molecule has 0 heterocycles. The van der Waals surface area contributed by atoms with Crippen molar-refractivity contribution in [1.29, 1.82) is 0 Å². The Kier molecular flexibility index (Phi) is 11.4. The van der Waals surface area contributed by atoms with Crippen molar-refractivity contribution in [3.05, 3.63) is 166 Å². The molecule has 0 aliphatic heterocycles. The van der Waals surface area contributed by atoms with Crippen LogP contribution in [0.2, 0.25) is 20.1 Å². The average molecular weight is 962 g/mol. The maximum absolute atomic E-state index is 6.46. The SMILES string of the molecule is Clc1cccc2cccc([Se][Se]c3cccc4cccc(Cl)c34)c12.Clc1cccc2cccc([Se][Se]c3cccc4cccc(Cl)c34)c12. The Hall–Kier alpha value is -1.96. The van der Waals surface area contributed by atoms with E-state index in [0.29, 0.717) is 52.5 Å². The Morgan fingerprint density at radius 3 is 0.646 bits per heavy atom. The molecule has 0 fully saturated rings. The first kappa shape index (κ1) is 34.5. The summed E-state index contributed by atoms with van der Waals surface area (Å²) >= 11 is 27.2. The molecule has 8 aromatic carbocycles. The molecule has 0 atom stereocenters. The Morgan fingerprint density at radius 1 is 0.250 bits per heavy atom. The molecule has 0 aliphatic rings. The van der Waals surface area contributed by atoms with Crippen LogP contribution in [0.15, 0.2) is 146 Å². The van der Waals surface area contributed by atoms with Gasteiger partial charge in [0.05, 0.1) is 0 Å². The van der Waals surface area contributed by atoms with Gasteiger partial charge in [0.2, 0.25) is 0 Å². The second kappa shape index (κ2) is 15.9. The molecule has 0 aromatic heterocycles. The van der Waals surface area contributed by atoms with Gasteiger partial charge in [0, 0.05) is 0 Å². The van der Waals surface area contributed by atoms with E-state index in [1.54, 1.807) is 0 Å². The van der Waals surface area contributed by atoms with Gasteiger partial charge in [-0.25, -0.2) is 0 Å². The van der Waals surface area contributed by atoms with Gasteiger partial charge in [0.1, 0.15) is 0 Å². The van der Waals surface area contributed by atoms with Gasteiger partial charge in [0.25, 0.3) is 0 Å². The summed E-state index contributed by atoms with van der Waals surface area (Å²) in [6, 6.07) is 50.3. The zero-order valence-electron chi connectivity index (χ0n) is 25.0. The summed E-state index contributed by atoms with van der Waals surface area (Å²) < 4.78 is 5.48. The Labute approximate surface area is 322 Å². The van der Waals surface area contributed by atoms with Crippen molar-refractivity contribution in [2.45, 2.75) is 0 Å². The number of halogens is 4. The third-order valence-corrected chi connectivity index (χ3v) is 23.3. The topological polar surface area (TPSA) is 0 Å². The van der Waals surface area contributed by atoms with Crippen LogP contribution in [-0.4, -0.2) is 52.5 Å². The average Bonchev–Trinajstić information content (AvgIpc) is 3.10. The minimum atomic E-state index is 0.352. The molecule has 0 amide bonds. The first-order valence-electron chi connectivity index (χ1n) is 14.9. The van der Waals surface area contributed by atoms with E-state index in [9.17, 15) is 0 Å². The first-order valence-corrected chi connectivity index (χ1v) is 28.5. The molecule has 0 bridgehead atoms. The quantitative estimate of drug-likeness (QED) is 0.146. The fourth-order valence-electron chi connectivity index (χ4n) is 5.51. The molecule has 0 nitrogen and oxygen atoms in total. The predicted molar refractivity (Wildman–Crippen MR) is 217 cm³/mol. The second-order valence-electron chi connectivity index (χ2n) is 10.7. The van der Waals surface area contributed by atoms with Gasteiger partial charge in [0.15, 0.2) is 0 Å². The van der Waals surface area contributed by atoms with E-state index in [1.807, 2.05) is 48.5 Å². The van der Waals surface area contributed by atoms with Crippen LogP contribution in [0, 0.1) is 0 Å². The van der Waals surface area contributed by atoms with Crippen molar-refractivity contribution in [1.82, 2.24) is 0 Å². The standard InChI is InChI=1S/2C20H12Cl2Se2/c2*21-15-9-1-5-13-7-3-11-17(19(13)15)23-24-18-12-4-8-14-6-2-10-16(22)20(14)18/h2*1-12H. The summed E-state index contributed by atoms with van der Waals surface area (Å²) in [5, 5.41) is 13.1. The monoisotopic (exact) mass is 964 g/mol. The van der Waals surface area contributed by atoms with Gasteiger partial charge in [-0.2, -0.15) is 0 Å². The van der Waals surface area contributed by atoms with Gasteiger partial charge < -0.3 is 0 Å². The van der Waals surface area contributed by atoms with E-state index in [4.69, 9.17) is 46.4 Å². The van der Waals surface area contributed by atoms with Crippen molar-refractivity contribution in [2.24, 2.45) is 0 Å². The van der Waals surface area contributed by atoms with Crippen molar-refractivity contribution in [2.75, 3.05) is 0 Å². The summed E-state index contributed by atoms with van der Waals surface area (Å²) in [4.78, 5) is 0. The second-order valence-corrected chi connectivity index (χ2v) is 24.7. The summed E-state index contributed by atoms with van der Waals surface area (Å²) in [6.07, 6.45) is 0. The molecular weight excluding hydrogens is 938 g/mol. The number of hydrogen-bond acceptors (Lipinski definition) is 0. The Bertz CT molecular complexity index is 2070. The fraction of sp³-hybridized carbons (Fsp3) is 0. The van der Waals surface area contributed by atoms with Gasteiger partial charge in [-0.15, -0.1) is 0 Å². The van der Waals surface area contributed by atoms with Gasteiger partial charge >= 0.3 is 326 Å². The molecule has 0 aliphatic carbocycles. The van der Waals surface area contributed by atoms with Crippen LogP contribution in [0.1, 0.15) is 0 Å². The molecule has 0 saturated carbocycles. The van der Waals surface area contributed by atoms with Crippen LogP contribution in [0.25, 0.3) is 43.1 Å². The number of rotatable bonds is 6. The number of hydrogen-bond donors (Lipinski definition) is 0. The van der Waals surface area contributed by atoms with Gasteiger partial charge in [-0.3, -0.25) is 0 Å². The molecule has 8 rings (SSSR count). The molecule has 8 heteroatoms. The van der Waals surface area contributed by atoms with E-state index < -0.39 is 0 Å². The van der Waals surface area contributed by atoms with Gasteiger partial charge in [-0.05, 0) is 0 Å². The third kappa shape index (κ3) is 7.54. The Morgan fingerprint density at radius 2 is 0.438 bits per heavy atom. The first-order chi connectivity index (χ1) is 23.5. The number of fused-ring (bicyclic) bond motifs is 4. The van der Waals surface area contributed by atoms with Crippen LogP contribution in [-0.2, 0) is 0 Å². The van der Waals surface area contributed by atoms with Crippen LogP contribution >= 0.6 is 46.4 Å². The van der Waals surface area contributed by atoms with Gasteiger partial charge in [-0.1, -0.05) is 0 Å². The molecule has 236 valence electrons. The molecule has 8 aromatic rings. The molecule has 0 saturated heterocycles. The molecular formula is C40H24Cl4Se4. The summed E-state index contributed by atoms with van der Waals surface area (Å²) in [6.45, 7) is 0. The van der Waals surface area contributed by atoms with Crippen LogP contribution < -0.4 is 17.8 Å². The fourth-order valence-corrected chi connectivity index (χ4v) is 21.6. The van der Waals surface area contributed by atoms with Crippen LogP contribution in [0.4, 0.5) is 0 Å². The van der Waals surface area contributed by atoms with Crippen molar-refractivity contribution >= 4 is 160 Å². The van der Waals surface area contributed by atoms with E-state index in [0.717, 1.165) is 20.1 Å². The molecule has 48 heavy (non-hydrogen) atoms. The van der Waals surface area contributed by atoms with Crippen molar-refractivity contribution in [3.63, 3.8) is 0 Å². The predicted octanol–water partition coefficient (Wildman–Crippen LogP) is 9.15. The molecule has 0 radical (unpaired) electrons. The van der Waals surface area contributed by atoms with E-state index in [1.165, 1.54) is 60.9 Å². The summed E-state index contributed by atoms with van der Waals surface area (Å²) in [5.41, 5.74) is 0. The third-order valence-electron chi connectivity index (χ3n) is 7.70. The van der Waals surface area contributed by atoms with Crippen LogP contribution in [0.5, 0.6) is 0 Å². The van der Waals surface area contributed by atoms with E-state index in [2.05, 4.69) is 97.1 Å². The van der Waals surface area contributed by atoms with Crippen LogP contribution in [0.3, 0.4) is 0 Å². The van der Waals surface area contributed by atoms with E-state index in [-0.39, 0.29) is 0 Å². The van der Waals surface area contributed by atoms with Crippen molar-refractivity contribution < 1.29 is 0 Å². The zero-order chi connectivity index (χ0) is 33.0. The number of benzene rings is 8. The zero-order valence-corrected chi connectivity index (χ0v) is 34.9. The normalized spacial score (nSPS) is 11.2. The summed E-state index contributed by atoms with van der Waals surface area (Å²) in [7, 11) is 0. The van der Waals surface area contributed by atoms with Crippen molar-refractivity contribution in [3.8, 4) is 0 Å². The molecule has 0 spiro atoms. The maximum atomic E-state index is 6.46. The molecule has 0 unspecified atom stereocenters.